The standard InChI is InChI=1S/C18H19N3O/c1-20-9-7-13-11-16-17(12-14(13)8-10-20)21(18(22)19-16)15-5-3-2-4-6-15/h2-6,11-12H,7-10H2,1H3,(H,19,22). The second-order valence-corrected chi connectivity index (χ2v) is 6.04. The fourth-order valence-electron chi connectivity index (χ4n) is 3.28. The Balaban J connectivity index is 1.93. The summed E-state index contributed by atoms with van der Waals surface area (Å²) in [5.41, 5.74) is 5.46. The minimum atomic E-state index is -0.0709. The molecule has 0 amide bonds. The molecule has 0 bridgehead atoms. The second-order valence-electron chi connectivity index (χ2n) is 6.04. The van der Waals surface area contributed by atoms with Crippen LogP contribution in [0.25, 0.3) is 16.7 Å². The molecule has 0 aliphatic carbocycles. The first-order valence-electron chi connectivity index (χ1n) is 7.73. The van der Waals surface area contributed by atoms with E-state index < -0.39 is 0 Å². The molecule has 0 saturated carbocycles. The third-order valence-corrected chi connectivity index (χ3v) is 4.54. The number of rotatable bonds is 1. The molecule has 4 rings (SSSR count). The van der Waals surface area contributed by atoms with Crippen LogP contribution >= 0.6 is 0 Å². The molecule has 4 heteroatoms. The van der Waals surface area contributed by atoms with Gasteiger partial charge in [-0.25, -0.2) is 4.79 Å². The van der Waals surface area contributed by atoms with Crippen LogP contribution in [-0.4, -0.2) is 34.6 Å². The highest BCUT2D eigenvalue weighted by molar-refractivity contribution is 5.79. The van der Waals surface area contributed by atoms with Gasteiger partial charge in [0.25, 0.3) is 0 Å². The Morgan fingerprint density at radius 1 is 1.00 bits per heavy atom. The van der Waals surface area contributed by atoms with Crippen molar-refractivity contribution in [2.24, 2.45) is 0 Å². The van der Waals surface area contributed by atoms with E-state index in [1.807, 2.05) is 30.3 Å². The highest BCUT2D eigenvalue weighted by Crippen LogP contribution is 2.23. The summed E-state index contributed by atoms with van der Waals surface area (Å²) < 4.78 is 1.77. The fourth-order valence-corrected chi connectivity index (χ4v) is 3.28. The van der Waals surface area contributed by atoms with Crippen LogP contribution in [0.5, 0.6) is 0 Å². The number of H-pyrrole nitrogens is 1. The molecule has 2 heterocycles. The SMILES string of the molecule is CN1CCc2cc3[nH]c(=O)n(-c4ccccc4)c3cc2CC1. The van der Waals surface area contributed by atoms with Crippen molar-refractivity contribution < 1.29 is 0 Å². The second kappa shape index (κ2) is 5.14. The van der Waals surface area contributed by atoms with Crippen LogP contribution in [0.15, 0.2) is 47.3 Å². The van der Waals surface area contributed by atoms with Crippen LogP contribution < -0.4 is 5.69 Å². The molecular formula is C18H19N3O. The number of para-hydroxylation sites is 1. The minimum absolute atomic E-state index is 0.0709. The quantitative estimate of drug-likeness (QED) is 0.748. The van der Waals surface area contributed by atoms with Crippen molar-refractivity contribution in [3.63, 3.8) is 0 Å². The van der Waals surface area contributed by atoms with Gasteiger partial charge < -0.3 is 9.88 Å². The summed E-state index contributed by atoms with van der Waals surface area (Å²) in [5, 5.41) is 0. The Hall–Kier alpha value is -2.33. The van der Waals surface area contributed by atoms with E-state index in [4.69, 9.17) is 0 Å². The number of aromatic amines is 1. The molecule has 2 aromatic carbocycles. The van der Waals surface area contributed by atoms with E-state index in [1.165, 1.54) is 11.1 Å². The van der Waals surface area contributed by atoms with Crippen molar-refractivity contribution in [1.29, 1.82) is 0 Å². The Morgan fingerprint density at radius 3 is 2.41 bits per heavy atom. The lowest BCUT2D eigenvalue weighted by molar-refractivity contribution is 0.352. The number of aromatic nitrogens is 2. The van der Waals surface area contributed by atoms with Crippen molar-refractivity contribution in [2.45, 2.75) is 12.8 Å². The zero-order valence-corrected chi connectivity index (χ0v) is 12.7. The monoisotopic (exact) mass is 293 g/mol. The Morgan fingerprint density at radius 2 is 1.68 bits per heavy atom. The van der Waals surface area contributed by atoms with Gasteiger partial charge in [0.15, 0.2) is 0 Å². The van der Waals surface area contributed by atoms with Crippen LogP contribution in [-0.2, 0) is 12.8 Å². The van der Waals surface area contributed by atoms with Crippen LogP contribution in [0, 0.1) is 0 Å². The molecule has 0 saturated heterocycles. The summed E-state index contributed by atoms with van der Waals surface area (Å²) in [4.78, 5) is 17.7. The lowest BCUT2D eigenvalue weighted by atomic mass is 10.0. The average Bonchev–Trinajstić information content (AvgIpc) is 2.74. The lowest BCUT2D eigenvalue weighted by Gasteiger charge is -2.10. The first-order valence-corrected chi connectivity index (χ1v) is 7.73. The minimum Gasteiger partial charge on any atom is -0.306 e. The molecule has 1 aliphatic rings. The van der Waals surface area contributed by atoms with E-state index in [1.54, 1.807) is 4.57 Å². The number of nitrogens with one attached hydrogen (secondary N) is 1. The van der Waals surface area contributed by atoms with Gasteiger partial charge in [-0.15, -0.1) is 0 Å². The predicted octanol–water partition coefficient (Wildman–Crippen LogP) is 2.35. The van der Waals surface area contributed by atoms with Gasteiger partial charge in [-0.05, 0) is 55.3 Å². The van der Waals surface area contributed by atoms with Crippen molar-refractivity contribution >= 4 is 11.0 Å². The van der Waals surface area contributed by atoms with Gasteiger partial charge in [-0.3, -0.25) is 4.57 Å². The molecule has 4 nitrogen and oxygen atoms in total. The summed E-state index contributed by atoms with van der Waals surface area (Å²) in [5.74, 6) is 0. The lowest BCUT2D eigenvalue weighted by Crippen LogP contribution is -2.20. The summed E-state index contributed by atoms with van der Waals surface area (Å²) in [6.07, 6.45) is 2.08. The molecule has 0 unspecified atom stereocenters. The van der Waals surface area contributed by atoms with E-state index in [2.05, 4.69) is 29.1 Å². The zero-order valence-electron chi connectivity index (χ0n) is 12.7. The van der Waals surface area contributed by atoms with E-state index in [9.17, 15) is 4.79 Å². The average molecular weight is 293 g/mol. The van der Waals surface area contributed by atoms with Crippen LogP contribution in [0.1, 0.15) is 11.1 Å². The number of likely N-dealkylation sites (N-methyl/N-ethyl adjacent to an activating group) is 1. The molecule has 0 fully saturated rings. The highest BCUT2D eigenvalue weighted by atomic mass is 16.1. The summed E-state index contributed by atoms with van der Waals surface area (Å²) >= 11 is 0. The zero-order chi connectivity index (χ0) is 15.1. The van der Waals surface area contributed by atoms with Gasteiger partial charge in [0.2, 0.25) is 0 Å². The van der Waals surface area contributed by atoms with Gasteiger partial charge in [-0.1, -0.05) is 18.2 Å². The number of imidazole rings is 1. The normalized spacial score (nSPS) is 15.7. The maximum absolute atomic E-state index is 12.4. The van der Waals surface area contributed by atoms with Gasteiger partial charge in [0.1, 0.15) is 0 Å². The van der Waals surface area contributed by atoms with Gasteiger partial charge in [-0.2, -0.15) is 0 Å². The van der Waals surface area contributed by atoms with E-state index in [-0.39, 0.29) is 5.69 Å². The van der Waals surface area contributed by atoms with E-state index >= 15 is 0 Å². The molecule has 0 atom stereocenters. The topological polar surface area (TPSA) is 41.0 Å². The van der Waals surface area contributed by atoms with Crippen molar-refractivity contribution in [3.05, 3.63) is 64.1 Å². The molecule has 1 N–H and O–H groups in total. The molecular weight excluding hydrogens is 274 g/mol. The van der Waals surface area contributed by atoms with Gasteiger partial charge in [0.05, 0.1) is 16.7 Å². The summed E-state index contributed by atoms with van der Waals surface area (Å²) in [6, 6.07) is 14.2. The molecule has 3 aromatic rings. The predicted molar refractivity (Wildman–Crippen MR) is 88.8 cm³/mol. The summed E-state index contributed by atoms with van der Waals surface area (Å²) in [6.45, 7) is 2.14. The maximum Gasteiger partial charge on any atom is 0.331 e. The first-order chi connectivity index (χ1) is 10.7. The Labute approximate surface area is 129 Å². The number of nitrogens with zero attached hydrogens (tertiary/aromatic N) is 2. The number of benzene rings is 2. The van der Waals surface area contributed by atoms with Crippen LogP contribution in [0.2, 0.25) is 0 Å². The van der Waals surface area contributed by atoms with E-state index in [0.29, 0.717) is 0 Å². The van der Waals surface area contributed by atoms with Crippen LogP contribution in [0.4, 0.5) is 0 Å². The number of hydrogen-bond acceptors (Lipinski definition) is 2. The molecule has 22 heavy (non-hydrogen) atoms. The molecule has 0 radical (unpaired) electrons. The maximum atomic E-state index is 12.4. The fraction of sp³-hybridized carbons (Fsp3) is 0.278. The number of hydrogen-bond donors (Lipinski definition) is 1. The summed E-state index contributed by atoms with van der Waals surface area (Å²) in [7, 11) is 2.16. The first kappa shape index (κ1) is 13.3. The Kier molecular flexibility index (Phi) is 3.12. The third-order valence-electron chi connectivity index (χ3n) is 4.54. The molecule has 1 aromatic heterocycles. The molecule has 0 spiro atoms. The van der Waals surface area contributed by atoms with Gasteiger partial charge >= 0.3 is 5.69 Å². The van der Waals surface area contributed by atoms with Crippen molar-refractivity contribution in [3.8, 4) is 5.69 Å². The third kappa shape index (κ3) is 2.16. The highest BCUT2D eigenvalue weighted by Gasteiger charge is 2.15. The van der Waals surface area contributed by atoms with Crippen molar-refractivity contribution in [2.75, 3.05) is 20.1 Å². The van der Waals surface area contributed by atoms with Gasteiger partial charge in [0, 0.05) is 13.1 Å². The van der Waals surface area contributed by atoms with Crippen LogP contribution in [0.3, 0.4) is 0 Å². The molecule has 112 valence electrons. The molecule has 1 aliphatic heterocycles. The smallest absolute Gasteiger partial charge is 0.306 e. The number of fused-ring (bicyclic) bond motifs is 2. The van der Waals surface area contributed by atoms with E-state index in [0.717, 1.165) is 42.7 Å². The Bertz CT molecular complexity index is 876. The van der Waals surface area contributed by atoms with Crippen molar-refractivity contribution in [1.82, 2.24) is 14.5 Å². The largest absolute Gasteiger partial charge is 0.331 e.